The third-order valence-electron chi connectivity index (χ3n) is 4.98. The lowest BCUT2D eigenvalue weighted by Gasteiger charge is -2.26. The summed E-state index contributed by atoms with van der Waals surface area (Å²) >= 11 is 5.80. The number of oxazole rings is 1. The summed E-state index contributed by atoms with van der Waals surface area (Å²) in [5, 5.41) is 26.7. The van der Waals surface area contributed by atoms with Crippen molar-refractivity contribution in [2.24, 2.45) is 0 Å². The molecule has 2 atom stereocenters. The largest absolute Gasteiger partial charge is 0.439 e. The molecule has 0 spiro atoms. The second-order valence-corrected chi connectivity index (χ2v) is 7.65. The predicted molar refractivity (Wildman–Crippen MR) is 123 cm³/mol. The van der Waals surface area contributed by atoms with Crippen molar-refractivity contribution in [1.29, 1.82) is 0 Å². The molecule has 0 saturated carbocycles. The van der Waals surface area contributed by atoms with Gasteiger partial charge in [-0.2, -0.15) is 0 Å². The topological polar surface area (TPSA) is 195 Å². The normalized spacial score (nSPS) is 12.9. The van der Waals surface area contributed by atoms with Crippen LogP contribution in [0, 0.1) is 0 Å². The number of aromatic amines is 2. The minimum Gasteiger partial charge on any atom is -0.408 e. The molecule has 0 unspecified atom stereocenters. The highest BCUT2D eigenvalue weighted by molar-refractivity contribution is 6.18. The minimum absolute atomic E-state index is 0.0149. The molecule has 0 radical (unpaired) electrons. The Bertz CT molecular complexity index is 1470. The van der Waals surface area contributed by atoms with E-state index >= 15 is 0 Å². The van der Waals surface area contributed by atoms with E-state index in [0.717, 1.165) is 4.90 Å². The van der Waals surface area contributed by atoms with Crippen LogP contribution in [0.4, 0.5) is 11.4 Å². The van der Waals surface area contributed by atoms with Gasteiger partial charge in [0.2, 0.25) is 0 Å². The van der Waals surface area contributed by atoms with Crippen molar-refractivity contribution in [1.82, 2.24) is 15.1 Å². The van der Waals surface area contributed by atoms with Gasteiger partial charge in [0.05, 0.1) is 5.52 Å². The molecule has 5 N–H and O–H groups in total. The van der Waals surface area contributed by atoms with Crippen molar-refractivity contribution in [3.05, 3.63) is 63.6 Å². The van der Waals surface area contributed by atoms with Gasteiger partial charge in [-0.3, -0.25) is 24.1 Å². The van der Waals surface area contributed by atoms with Gasteiger partial charge in [0, 0.05) is 35.4 Å². The number of H-pyrrole nitrogens is 2. The fourth-order valence-corrected chi connectivity index (χ4v) is 3.44. The van der Waals surface area contributed by atoms with Crippen LogP contribution >= 0.6 is 11.6 Å². The molecule has 182 valence electrons. The van der Waals surface area contributed by atoms with Crippen LogP contribution in [0.15, 0.2) is 61.0 Å². The summed E-state index contributed by atoms with van der Waals surface area (Å²) in [5.74, 6) is -3.26. The highest BCUT2D eigenvalue weighted by Gasteiger charge is 2.34. The summed E-state index contributed by atoms with van der Waals surface area (Å²) in [6, 6.07) is 10.3. The first kappa shape index (κ1) is 23.9. The van der Waals surface area contributed by atoms with Crippen LogP contribution in [0.25, 0.3) is 22.5 Å². The number of alkyl halides is 1. The quantitative estimate of drug-likeness (QED) is 0.211. The molecule has 0 aliphatic heterocycles. The third kappa shape index (κ3) is 5.16. The zero-order valence-corrected chi connectivity index (χ0v) is 18.5. The number of benzene rings is 2. The maximum atomic E-state index is 12.9. The van der Waals surface area contributed by atoms with E-state index in [4.69, 9.17) is 16.0 Å². The van der Waals surface area contributed by atoms with Gasteiger partial charge in [0.25, 0.3) is 11.8 Å². The first-order valence-electron chi connectivity index (χ1n) is 10.1. The van der Waals surface area contributed by atoms with Gasteiger partial charge in [-0.25, -0.2) is 9.59 Å². The number of hydrogen-bond donors (Lipinski definition) is 5. The summed E-state index contributed by atoms with van der Waals surface area (Å²) < 4.78 is 9.41. The number of aliphatic hydroxyl groups excluding tert-OH is 2. The summed E-state index contributed by atoms with van der Waals surface area (Å²) in [7, 11) is 0. The lowest BCUT2D eigenvalue weighted by molar-refractivity contribution is -0.141. The van der Waals surface area contributed by atoms with Crippen LogP contribution in [0.5, 0.6) is 0 Å². The number of rotatable bonds is 8. The fraction of sp³-hybridized carbons (Fsp3) is 0.190. The molecule has 2 heterocycles. The standard InChI is InChI=1S/C21H18ClN5O8/c22-7-8-27(12-5-6-13-14(9-12)34-20(32)24-13)19(31)16(29)15(28)18(30)23-11-3-1-10(2-4-11)17-25-21(33)35-26-17/h1-6,9,15-16,28-29H,7-8H2,(H,23,30)(H,24,32)(H,25,26,33)/t15-,16-/m1/s1. The van der Waals surface area contributed by atoms with Crippen LogP contribution in [0.3, 0.4) is 0 Å². The molecule has 35 heavy (non-hydrogen) atoms. The van der Waals surface area contributed by atoms with E-state index in [1.54, 1.807) is 0 Å². The van der Waals surface area contributed by atoms with Crippen LogP contribution in [0.2, 0.25) is 0 Å². The van der Waals surface area contributed by atoms with E-state index in [2.05, 4.69) is 25.0 Å². The number of amides is 2. The van der Waals surface area contributed by atoms with Gasteiger partial charge in [0.15, 0.2) is 23.6 Å². The number of anilines is 2. The number of halogens is 1. The molecule has 2 amide bonds. The van der Waals surface area contributed by atoms with Crippen molar-refractivity contribution >= 4 is 45.9 Å². The number of nitrogens with zero attached hydrogens (tertiary/aromatic N) is 2. The van der Waals surface area contributed by atoms with E-state index < -0.39 is 35.5 Å². The van der Waals surface area contributed by atoms with Crippen molar-refractivity contribution in [3.63, 3.8) is 0 Å². The van der Waals surface area contributed by atoms with E-state index in [0.29, 0.717) is 11.1 Å². The second-order valence-electron chi connectivity index (χ2n) is 7.27. The van der Waals surface area contributed by atoms with Gasteiger partial charge >= 0.3 is 11.5 Å². The number of carbonyl (C=O) groups is 2. The Hall–Kier alpha value is -4.20. The molecule has 0 aliphatic carbocycles. The van der Waals surface area contributed by atoms with Gasteiger partial charge in [0.1, 0.15) is 0 Å². The molecule has 0 aliphatic rings. The van der Waals surface area contributed by atoms with Gasteiger partial charge in [-0.05, 0) is 36.4 Å². The van der Waals surface area contributed by atoms with Crippen molar-refractivity contribution in [2.45, 2.75) is 12.2 Å². The fourth-order valence-electron chi connectivity index (χ4n) is 3.27. The Morgan fingerprint density at radius 3 is 2.46 bits per heavy atom. The first-order valence-corrected chi connectivity index (χ1v) is 10.6. The Morgan fingerprint density at radius 1 is 1.06 bits per heavy atom. The smallest absolute Gasteiger partial charge is 0.408 e. The van der Waals surface area contributed by atoms with E-state index in [1.165, 1.54) is 42.5 Å². The summed E-state index contributed by atoms with van der Waals surface area (Å²) in [4.78, 5) is 53.7. The molecule has 0 saturated heterocycles. The summed E-state index contributed by atoms with van der Waals surface area (Å²) in [6.45, 7) is -0.0580. The monoisotopic (exact) mass is 503 g/mol. The zero-order chi connectivity index (χ0) is 25.1. The highest BCUT2D eigenvalue weighted by Crippen LogP contribution is 2.22. The van der Waals surface area contributed by atoms with Crippen LogP contribution in [0.1, 0.15) is 0 Å². The number of aliphatic hydroxyl groups is 2. The molecule has 4 aromatic rings. The van der Waals surface area contributed by atoms with Crippen molar-refractivity contribution < 1.29 is 28.7 Å². The molecule has 0 bridgehead atoms. The Morgan fingerprint density at radius 2 is 1.80 bits per heavy atom. The van der Waals surface area contributed by atoms with Gasteiger partial charge in [-0.1, -0.05) is 5.16 Å². The number of aromatic nitrogens is 3. The molecular formula is C21H18ClN5O8. The van der Waals surface area contributed by atoms with Crippen molar-refractivity contribution in [2.75, 3.05) is 22.6 Å². The average molecular weight is 504 g/mol. The van der Waals surface area contributed by atoms with E-state index in [1.807, 2.05) is 0 Å². The minimum atomic E-state index is -2.12. The molecule has 4 rings (SSSR count). The molecule has 2 aromatic carbocycles. The number of nitrogens with one attached hydrogen (secondary N) is 3. The molecule has 13 nitrogen and oxygen atoms in total. The molecule has 14 heteroatoms. The number of fused-ring (bicyclic) bond motifs is 1. The van der Waals surface area contributed by atoms with Gasteiger partial charge in [-0.15, -0.1) is 11.6 Å². The van der Waals surface area contributed by atoms with E-state index in [9.17, 15) is 29.4 Å². The molecule has 0 fully saturated rings. The predicted octanol–water partition coefficient (Wildman–Crippen LogP) is 0.397. The zero-order valence-electron chi connectivity index (χ0n) is 17.7. The van der Waals surface area contributed by atoms with Crippen LogP contribution in [-0.4, -0.2) is 61.8 Å². The van der Waals surface area contributed by atoms with Crippen LogP contribution in [-0.2, 0) is 9.59 Å². The Kier molecular flexibility index (Phi) is 6.82. The number of hydrogen-bond acceptors (Lipinski definition) is 9. The first-order chi connectivity index (χ1) is 16.8. The van der Waals surface area contributed by atoms with E-state index in [-0.39, 0.29) is 35.2 Å². The Balaban J connectivity index is 1.46. The summed E-state index contributed by atoms with van der Waals surface area (Å²) in [6.07, 6.45) is -4.23. The van der Waals surface area contributed by atoms with Gasteiger partial charge < -0.3 is 24.8 Å². The lowest BCUT2D eigenvalue weighted by atomic mass is 10.1. The maximum absolute atomic E-state index is 12.9. The summed E-state index contributed by atoms with van der Waals surface area (Å²) in [5.41, 5.74) is 1.55. The molecule has 2 aromatic heterocycles. The Labute approximate surface area is 199 Å². The maximum Gasteiger partial charge on any atom is 0.439 e. The third-order valence-corrected chi connectivity index (χ3v) is 5.15. The average Bonchev–Trinajstić information content (AvgIpc) is 3.45. The van der Waals surface area contributed by atoms with Crippen molar-refractivity contribution in [3.8, 4) is 11.4 Å². The number of carbonyl (C=O) groups excluding carboxylic acids is 2. The van der Waals surface area contributed by atoms with Crippen LogP contribution < -0.4 is 21.7 Å². The molecular weight excluding hydrogens is 486 g/mol. The second kappa shape index (κ2) is 9.97. The SMILES string of the molecule is O=C(Nc1ccc(-c2noc(=O)[nH]2)cc1)[C@H](O)[C@@H](O)C(=O)N(CCCl)c1ccc2[nH]c(=O)oc2c1. The highest BCUT2D eigenvalue weighted by atomic mass is 35.5. The lowest BCUT2D eigenvalue weighted by Crippen LogP contribution is -2.50.